The fourth-order valence-electron chi connectivity index (χ4n) is 9.15. The molecule has 19 heteroatoms. The Morgan fingerprint density at radius 3 is 0.938 bits per heavy atom. The smallest absolute Gasteiger partial charge is 0.462 e. The van der Waals surface area contributed by atoms with Crippen LogP contribution in [0.4, 0.5) is 0 Å². The molecule has 0 saturated heterocycles. The molecule has 0 aliphatic carbocycles. The molecule has 0 aromatic carbocycles. The fraction of sp³-hybridized carbons (Fsp3) is 0.935. The second kappa shape index (κ2) is 54.7. The molecule has 0 aliphatic heterocycles. The SMILES string of the molecule is CCCCCCCCCCCCCCCCCCCC(=O)O[C@H](COC(=O)CCCCCCCCC(C)CC)COP(=O)(O)OC[C@@H](O)COP(=O)(O)OC[C@@H](COC(=O)CCCCCCC)OC(=O)CCCCCCCCC(C)C. The van der Waals surface area contributed by atoms with Gasteiger partial charge < -0.3 is 33.8 Å². The van der Waals surface area contributed by atoms with Crippen LogP contribution in [0, 0.1) is 11.8 Å². The molecule has 0 fully saturated rings. The lowest BCUT2D eigenvalue weighted by molar-refractivity contribution is -0.161. The third-order valence-electron chi connectivity index (χ3n) is 14.6. The summed E-state index contributed by atoms with van der Waals surface area (Å²) in [5.74, 6) is -0.752. The normalized spacial score (nSPS) is 14.7. The number of esters is 4. The summed E-state index contributed by atoms with van der Waals surface area (Å²) in [5.41, 5.74) is 0. The molecule has 17 nitrogen and oxygen atoms in total. The maximum Gasteiger partial charge on any atom is 0.472 e. The van der Waals surface area contributed by atoms with E-state index in [0.717, 1.165) is 109 Å². The van der Waals surface area contributed by atoms with Gasteiger partial charge in [0.25, 0.3) is 0 Å². The van der Waals surface area contributed by atoms with Crippen LogP contribution in [0.2, 0.25) is 0 Å². The fourth-order valence-corrected chi connectivity index (χ4v) is 10.7. The van der Waals surface area contributed by atoms with E-state index in [0.29, 0.717) is 31.6 Å². The van der Waals surface area contributed by atoms with Gasteiger partial charge in [-0.25, -0.2) is 9.13 Å². The molecule has 0 aliphatic rings. The average molecular weight is 1200 g/mol. The molecule has 0 aromatic rings. The molecule has 0 saturated carbocycles. The van der Waals surface area contributed by atoms with Gasteiger partial charge in [0.15, 0.2) is 12.2 Å². The quantitative estimate of drug-likeness (QED) is 0.0222. The number of ether oxygens (including phenoxy) is 4. The second-order valence-corrected chi connectivity index (χ2v) is 26.1. The number of carbonyl (C=O) groups is 4. The summed E-state index contributed by atoms with van der Waals surface area (Å²) in [6.07, 6.45) is 36.8. The molecule has 0 rings (SSSR count). The Balaban J connectivity index is 5.15. The minimum atomic E-state index is -4.94. The molecular weight excluding hydrogens is 1080 g/mol. The second-order valence-electron chi connectivity index (χ2n) is 23.2. The number of aliphatic hydroxyl groups excluding tert-OH is 1. The Hall–Kier alpha value is -1.94. The Labute approximate surface area is 492 Å². The first-order chi connectivity index (χ1) is 38.9. The predicted octanol–water partition coefficient (Wildman–Crippen LogP) is 16.9. The van der Waals surface area contributed by atoms with Crippen molar-refractivity contribution in [3.05, 3.63) is 0 Å². The summed E-state index contributed by atoms with van der Waals surface area (Å²) in [7, 11) is -9.87. The molecular formula is C62H120O17P2. The molecule has 3 unspecified atom stereocenters. The lowest BCUT2D eigenvalue weighted by Crippen LogP contribution is -2.30. The van der Waals surface area contributed by atoms with Crippen LogP contribution in [0.1, 0.15) is 305 Å². The van der Waals surface area contributed by atoms with E-state index in [1.54, 1.807) is 0 Å². The van der Waals surface area contributed by atoms with E-state index < -0.39 is 97.5 Å². The van der Waals surface area contributed by atoms with E-state index in [4.69, 9.17) is 37.0 Å². The molecule has 3 N–H and O–H groups in total. The van der Waals surface area contributed by atoms with Gasteiger partial charge in [0.05, 0.1) is 26.4 Å². The number of rotatable bonds is 61. The van der Waals surface area contributed by atoms with Gasteiger partial charge in [0, 0.05) is 25.7 Å². The average Bonchev–Trinajstić information content (AvgIpc) is 3.43. The molecule has 0 spiro atoms. The molecule has 0 heterocycles. The van der Waals surface area contributed by atoms with Crippen molar-refractivity contribution in [3.63, 3.8) is 0 Å². The van der Waals surface area contributed by atoms with Crippen LogP contribution in [0.25, 0.3) is 0 Å². The molecule has 0 aromatic heterocycles. The van der Waals surface area contributed by atoms with Gasteiger partial charge in [-0.15, -0.1) is 0 Å². The summed E-state index contributed by atoms with van der Waals surface area (Å²) < 4.78 is 67.7. The van der Waals surface area contributed by atoms with Gasteiger partial charge in [0.2, 0.25) is 0 Å². The van der Waals surface area contributed by atoms with Crippen LogP contribution in [-0.4, -0.2) is 96.7 Å². The summed E-state index contributed by atoms with van der Waals surface area (Å²) in [5, 5.41) is 10.5. The van der Waals surface area contributed by atoms with E-state index in [1.807, 2.05) is 0 Å². The maximum absolute atomic E-state index is 12.9. The molecule has 0 amide bonds. The summed E-state index contributed by atoms with van der Waals surface area (Å²) >= 11 is 0. The van der Waals surface area contributed by atoms with E-state index in [-0.39, 0.29) is 25.7 Å². The van der Waals surface area contributed by atoms with Gasteiger partial charge in [0.1, 0.15) is 19.3 Å². The van der Waals surface area contributed by atoms with Crippen LogP contribution >= 0.6 is 15.6 Å². The van der Waals surface area contributed by atoms with Crippen molar-refractivity contribution in [2.75, 3.05) is 39.6 Å². The summed E-state index contributed by atoms with van der Waals surface area (Å²) in [4.78, 5) is 71.8. The topological polar surface area (TPSA) is 237 Å². The number of phosphoric ester groups is 2. The van der Waals surface area contributed by atoms with Crippen LogP contribution < -0.4 is 0 Å². The van der Waals surface area contributed by atoms with E-state index in [9.17, 15) is 43.2 Å². The minimum absolute atomic E-state index is 0.101. The van der Waals surface area contributed by atoms with Gasteiger partial charge in [-0.3, -0.25) is 37.3 Å². The van der Waals surface area contributed by atoms with E-state index >= 15 is 0 Å². The Bertz CT molecular complexity index is 1600. The molecule has 6 atom stereocenters. The Morgan fingerprint density at radius 1 is 0.358 bits per heavy atom. The lowest BCUT2D eigenvalue weighted by Gasteiger charge is -2.21. The lowest BCUT2D eigenvalue weighted by atomic mass is 10.00. The third-order valence-corrected chi connectivity index (χ3v) is 16.5. The van der Waals surface area contributed by atoms with Crippen molar-refractivity contribution < 1.29 is 80.2 Å². The van der Waals surface area contributed by atoms with Crippen molar-refractivity contribution in [2.45, 2.75) is 323 Å². The zero-order valence-electron chi connectivity index (χ0n) is 52.1. The zero-order chi connectivity index (χ0) is 60.1. The van der Waals surface area contributed by atoms with Crippen molar-refractivity contribution in [3.8, 4) is 0 Å². The van der Waals surface area contributed by atoms with Crippen molar-refractivity contribution >= 4 is 39.5 Å². The van der Waals surface area contributed by atoms with Crippen molar-refractivity contribution in [2.24, 2.45) is 11.8 Å². The summed E-state index contributed by atoms with van der Waals surface area (Å²) in [6.45, 7) is 9.26. The predicted molar refractivity (Wildman–Crippen MR) is 321 cm³/mol. The van der Waals surface area contributed by atoms with E-state index in [2.05, 4.69) is 41.5 Å². The largest absolute Gasteiger partial charge is 0.472 e. The summed E-state index contributed by atoms with van der Waals surface area (Å²) in [6, 6.07) is 0. The molecule has 480 valence electrons. The van der Waals surface area contributed by atoms with Crippen LogP contribution in [0.3, 0.4) is 0 Å². The number of phosphoric acid groups is 2. The van der Waals surface area contributed by atoms with Crippen molar-refractivity contribution in [1.82, 2.24) is 0 Å². The van der Waals surface area contributed by atoms with Gasteiger partial charge >= 0.3 is 39.5 Å². The first-order valence-corrected chi connectivity index (χ1v) is 35.5. The standard InChI is InChI=1S/C62H120O17P2/c1-7-10-12-14-15-16-17-18-19-20-21-22-23-24-25-34-40-46-61(66)78-58(51-73-60(65)45-39-33-29-27-32-37-43-55(6)9-3)53-77-81(70,71)75-49-56(63)48-74-80(68,69)76-52-57(50-72-59(64)44-38-30-13-11-8-2)79-62(67)47-41-35-28-26-31-36-42-54(4)5/h54-58,63H,7-53H2,1-6H3,(H,68,69)(H,70,71)/t55?,56-,57+,58+/m0/s1. The molecule has 81 heavy (non-hydrogen) atoms. The molecule has 0 bridgehead atoms. The first-order valence-electron chi connectivity index (χ1n) is 32.5. The minimum Gasteiger partial charge on any atom is -0.462 e. The number of hydrogen-bond donors (Lipinski definition) is 3. The number of unbranched alkanes of at least 4 members (excludes halogenated alkanes) is 30. The third kappa shape index (κ3) is 55.7. The molecule has 0 radical (unpaired) electrons. The highest BCUT2D eigenvalue weighted by Crippen LogP contribution is 2.45. The van der Waals surface area contributed by atoms with Crippen LogP contribution in [-0.2, 0) is 65.4 Å². The maximum atomic E-state index is 12.9. The highest BCUT2D eigenvalue weighted by atomic mass is 31.2. The monoisotopic (exact) mass is 1200 g/mol. The Morgan fingerprint density at radius 2 is 0.630 bits per heavy atom. The number of aliphatic hydroxyl groups is 1. The van der Waals surface area contributed by atoms with Crippen LogP contribution in [0.5, 0.6) is 0 Å². The van der Waals surface area contributed by atoms with Crippen LogP contribution in [0.15, 0.2) is 0 Å². The van der Waals surface area contributed by atoms with Gasteiger partial charge in [-0.1, -0.05) is 253 Å². The zero-order valence-corrected chi connectivity index (χ0v) is 53.9. The van der Waals surface area contributed by atoms with Gasteiger partial charge in [-0.05, 0) is 37.5 Å². The first kappa shape index (κ1) is 79.1. The number of hydrogen-bond acceptors (Lipinski definition) is 15. The highest BCUT2D eigenvalue weighted by Gasteiger charge is 2.30. The Kier molecular flexibility index (Phi) is 53.4. The number of carbonyl (C=O) groups excluding carboxylic acids is 4. The van der Waals surface area contributed by atoms with E-state index in [1.165, 1.54) is 109 Å². The van der Waals surface area contributed by atoms with Gasteiger partial charge in [-0.2, -0.15) is 0 Å². The highest BCUT2D eigenvalue weighted by molar-refractivity contribution is 7.47. The van der Waals surface area contributed by atoms with Crippen molar-refractivity contribution in [1.29, 1.82) is 0 Å².